The topological polar surface area (TPSA) is 108 Å². The van der Waals surface area contributed by atoms with Crippen molar-refractivity contribution in [1.82, 2.24) is 20.4 Å². The summed E-state index contributed by atoms with van der Waals surface area (Å²) in [5, 5.41) is 11.9. The molecule has 0 aliphatic carbocycles. The summed E-state index contributed by atoms with van der Waals surface area (Å²) < 4.78 is 38.7. The van der Waals surface area contributed by atoms with Gasteiger partial charge in [-0.1, -0.05) is 30.3 Å². The third kappa shape index (κ3) is 5.15. The molecule has 0 saturated carbocycles. The lowest BCUT2D eigenvalue weighted by molar-refractivity contribution is -0.202. The highest BCUT2D eigenvalue weighted by atomic mass is 19.4. The van der Waals surface area contributed by atoms with Crippen molar-refractivity contribution < 1.29 is 32.4 Å². The first-order valence-corrected chi connectivity index (χ1v) is 12.4. The number of hydrogen-bond acceptors (Lipinski definition) is 6. The zero-order valence-electron chi connectivity index (χ0n) is 20.3. The molecular formula is C26H26F3N5O4. The summed E-state index contributed by atoms with van der Waals surface area (Å²) in [6.45, 7) is 1.17. The van der Waals surface area contributed by atoms with Crippen LogP contribution in [0.2, 0.25) is 0 Å². The van der Waals surface area contributed by atoms with Gasteiger partial charge in [-0.15, -0.1) is 0 Å². The number of hydrogen-bond donors (Lipinski definition) is 2. The number of anilines is 1. The van der Waals surface area contributed by atoms with E-state index in [1.807, 2.05) is 24.3 Å². The Balaban J connectivity index is 1.17. The molecule has 38 heavy (non-hydrogen) atoms. The highest BCUT2D eigenvalue weighted by molar-refractivity contribution is 6.02. The Labute approximate surface area is 215 Å². The lowest BCUT2D eigenvalue weighted by Gasteiger charge is -2.37. The third-order valence-corrected chi connectivity index (χ3v) is 6.99. The molecule has 0 spiro atoms. The van der Waals surface area contributed by atoms with Crippen molar-refractivity contribution >= 4 is 34.4 Å². The molecule has 12 heteroatoms. The number of alkyl halides is 3. The Hall–Kier alpha value is -4.09. The number of carbonyl (C=O) groups excluding carboxylic acids is 3. The Bertz CT molecular complexity index is 1350. The number of nitrogens with zero attached hydrogens (tertiary/aromatic N) is 3. The molecule has 2 aromatic carbocycles. The molecule has 2 aliphatic rings. The van der Waals surface area contributed by atoms with E-state index in [9.17, 15) is 27.6 Å². The van der Waals surface area contributed by atoms with Crippen LogP contribution < -0.4 is 10.4 Å². The number of rotatable bonds is 6. The van der Waals surface area contributed by atoms with E-state index in [1.165, 1.54) is 18.2 Å². The number of nitrogens with one attached hydrogen (secondary N) is 2. The summed E-state index contributed by atoms with van der Waals surface area (Å²) in [7, 11) is 0. The van der Waals surface area contributed by atoms with E-state index < -0.39 is 24.2 Å². The van der Waals surface area contributed by atoms with Gasteiger partial charge in [-0.3, -0.25) is 14.7 Å². The number of halogens is 3. The number of H-pyrrole nitrogens is 1. The van der Waals surface area contributed by atoms with E-state index in [0.29, 0.717) is 13.1 Å². The van der Waals surface area contributed by atoms with Crippen LogP contribution in [0.3, 0.4) is 0 Å². The lowest BCUT2D eigenvalue weighted by atomic mass is 9.91. The smallest absolute Gasteiger partial charge is 0.343 e. The summed E-state index contributed by atoms with van der Waals surface area (Å²) in [5.41, 5.74) is 2.13. The summed E-state index contributed by atoms with van der Waals surface area (Å²) in [6, 6.07) is 13.8. The van der Waals surface area contributed by atoms with Crippen molar-refractivity contribution in [2.24, 2.45) is 0 Å². The Morgan fingerprint density at radius 2 is 1.76 bits per heavy atom. The molecule has 0 bridgehead atoms. The number of fused-ring (bicyclic) bond motifs is 2. The van der Waals surface area contributed by atoms with Crippen molar-refractivity contribution in [2.75, 3.05) is 18.2 Å². The summed E-state index contributed by atoms with van der Waals surface area (Å²) in [4.78, 5) is 43.4. The SMILES string of the molecule is O=C1NC(CCCC(=O)N2CCC(c3[nH]nc4ccccc34)CC2)N(OC(=O)C(F)(F)F)c2ccccc21. The van der Waals surface area contributed by atoms with Crippen LogP contribution in [0.4, 0.5) is 18.9 Å². The first-order valence-electron chi connectivity index (χ1n) is 12.4. The minimum absolute atomic E-state index is 0.0542. The molecule has 3 aromatic rings. The van der Waals surface area contributed by atoms with E-state index >= 15 is 0 Å². The van der Waals surface area contributed by atoms with Crippen LogP contribution >= 0.6 is 0 Å². The van der Waals surface area contributed by atoms with Crippen LogP contribution in [-0.4, -0.2) is 58.3 Å². The second-order valence-corrected chi connectivity index (χ2v) is 9.41. The van der Waals surface area contributed by atoms with Crippen LogP contribution in [0, 0.1) is 0 Å². The van der Waals surface area contributed by atoms with E-state index in [4.69, 9.17) is 0 Å². The van der Waals surface area contributed by atoms with E-state index in [-0.39, 0.29) is 42.3 Å². The van der Waals surface area contributed by atoms with Crippen molar-refractivity contribution in [3.05, 3.63) is 59.8 Å². The van der Waals surface area contributed by atoms with Gasteiger partial charge >= 0.3 is 12.1 Å². The standard InChI is InChI=1S/C26H26F3N5O4/c27-26(28,29)25(37)38-34-20-9-4-2-7-18(20)24(36)30-21(34)10-5-11-22(35)33-14-12-16(13-15-33)23-17-6-1-3-8-19(17)31-32-23/h1-4,6-9,16,21H,5,10-15H2,(H,30,36)(H,31,32). The van der Waals surface area contributed by atoms with E-state index in [0.717, 1.165) is 34.5 Å². The van der Waals surface area contributed by atoms with Crippen molar-refractivity contribution in [3.8, 4) is 0 Å². The monoisotopic (exact) mass is 529 g/mol. The van der Waals surface area contributed by atoms with Crippen LogP contribution in [0.25, 0.3) is 10.9 Å². The highest BCUT2D eigenvalue weighted by Crippen LogP contribution is 2.33. The molecule has 2 amide bonds. The van der Waals surface area contributed by atoms with Gasteiger partial charge in [-0.2, -0.15) is 23.3 Å². The first kappa shape index (κ1) is 25.6. The predicted octanol–water partition coefficient (Wildman–Crippen LogP) is 4.04. The van der Waals surface area contributed by atoms with Crippen molar-refractivity contribution in [2.45, 2.75) is 50.4 Å². The average Bonchev–Trinajstić information content (AvgIpc) is 3.34. The zero-order chi connectivity index (χ0) is 26.9. The molecule has 9 nitrogen and oxygen atoms in total. The molecule has 1 aromatic heterocycles. The summed E-state index contributed by atoms with van der Waals surface area (Å²) in [6.07, 6.45) is -4.15. The predicted molar refractivity (Wildman–Crippen MR) is 131 cm³/mol. The molecule has 2 aliphatic heterocycles. The zero-order valence-corrected chi connectivity index (χ0v) is 20.3. The molecule has 1 atom stereocenters. The maximum atomic E-state index is 12.9. The fraction of sp³-hybridized carbons (Fsp3) is 0.385. The highest BCUT2D eigenvalue weighted by Gasteiger charge is 2.45. The fourth-order valence-corrected chi connectivity index (χ4v) is 5.07. The second kappa shape index (κ2) is 10.3. The molecule has 2 N–H and O–H groups in total. The molecule has 200 valence electrons. The maximum absolute atomic E-state index is 12.9. The van der Waals surface area contributed by atoms with Gasteiger partial charge < -0.3 is 15.1 Å². The number of piperidine rings is 1. The van der Waals surface area contributed by atoms with Gasteiger partial charge in [0.15, 0.2) is 0 Å². The average molecular weight is 530 g/mol. The van der Waals surface area contributed by atoms with E-state index in [2.05, 4.69) is 20.4 Å². The van der Waals surface area contributed by atoms with E-state index in [1.54, 1.807) is 11.0 Å². The van der Waals surface area contributed by atoms with Crippen LogP contribution in [-0.2, 0) is 14.4 Å². The minimum Gasteiger partial charge on any atom is -0.343 e. The van der Waals surface area contributed by atoms with Crippen molar-refractivity contribution in [1.29, 1.82) is 0 Å². The third-order valence-electron chi connectivity index (χ3n) is 6.99. The van der Waals surface area contributed by atoms with Crippen LogP contribution in [0.15, 0.2) is 48.5 Å². The number of carbonyl (C=O) groups is 3. The Kier molecular flexibility index (Phi) is 6.96. The van der Waals surface area contributed by atoms with Gasteiger partial charge in [0.1, 0.15) is 6.17 Å². The van der Waals surface area contributed by atoms with Crippen LogP contribution in [0.5, 0.6) is 0 Å². The van der Waals surface area contributed by atoms with Crippen molar-refractivity contribution in [3.63, 3.8) is 0 Å². The molecule has 3 heterocycles. The quantitative estimate of drug-likeness (QED) is 0.499. The number of amides is 2. The number of aromatic nitrogens is 2. The first-order chi connectivity index (χ1) is 18.2. The lowest BCUT2D eigenvalue weighted by Crippen LogP contribution is -2.54. The summed E-state index contributed by atoms with van der Waals surface area (Å²) in [5.74, 6) is -2.69. The van der Waals surface area contributed by atoms with Gasteiger partial charge in [-0.25, -0.2) is 4.79 Å². The number of benzene rings is 2. The molecule has 1 unspecified atom stereocenters. The Morgan fingerprint density at radius 1 is 1.05 bits per heavy atom. The maximum Gasteiger partial charge on any atom is 0.493 e. The van der Waals surface area contributed by atoms with Gasteiger partial charge in [0.25, 0.3) is 5.91 Å². The van der Waals surface area contributed by atoms with Gasteiger partial charge in [0.05, 0.1) is 16.8 Å². The molecule has 0 radical (unpaired) electrons. The minimum atomic E-state index is -5.20. The molecule has 5 rings (SSSR count). The van der Waals surface area contributed by atoms with Gasteiger partial charge in [-0.05, 0) is 43.9 Å². The number of aromatic amines is 1. The normalized spacial score (nSPS) is 18.3. The van der Waals surface area contributed by atoms with Crippen LogP contribution in [0.1, 0.15) is 54.1 Å². The number of hydroxylamine groups is 1. The Morgan fingerprint density at radius 3 is 2.53 bits per heavy atom. The fourth-order valence-electron chi connectivity index (χ4n) is 5.07. The molecule has 1 fully saturated rings. The number of likely N-dealkylation sites (tertiary alicyclic amines) is 1. The largest absolute Gasteiger partial charge is 0.493 e. The number of para-hydroxylation sites is 2. The van der Waals surface area contributed by atoms with Gasteiger partial charge in [0, 0.05) is 36.5 Å². The summed E-state index contributed by atoms with van der Waals surface area (Å²) >= 11 is 0. The molecule has 1 saturated heterocycles. The second-order valence-electron chi connectivity index (χ2n) is 9.41. The van der Waals surface area contributed by atoms with Gasteiger partial charge in [0.2, 0.25) is 5.91 Å². The molecular weight excluding hydrogens is 503 g/mol.